The highest BCUT2D eigenvalue weighted by Crippen LogP contribution is 2.36. The molecule has 0 unspecified atom stereocenters. The smallest absolute Gasteiger partial charge is 0.225 e. The SMILES string of the molecule is CN1CCN(c2cc(-c3ccncc3)c(-c3cccc4[nH]ccc34)nn2)CC1.c1ccc(-c2nnc(N3CCN(c4ncccn4)CC3)cc2-c2ccncc2)cc1. The Balaban J connectivity index is 0.000000151. The van der Waals surface area contributed by atoms with Crippen LogP contribution in [0.5, 0.6) is 0 Å². The number of pyridine rings is 2. The molecular formula is C45H43N13. The maximum Gasteiger partial charge on any atom is 0.225 e. The largest absolute Gasteiger partial charge is 0.361 e. The minimum Gasteiger partial charge on any atom is -0.361 e. The van der Waals surface area contributed by atoms with E-state index in [1.165, 1.54) is 0 Å². The van der Waals surface area contributed by atoms with Gasteiger partial charge in [0.1, 0.15) is 11.4 Å². The third kappa shape index (κ3) is 7.93. The van der Waals surface area contributed by atoms with Gasteiger partial charge in [0.25, 0.3) is 0 Å². The summed E-state index contributed by atoms with van der Waals surface area (Å²) in [4.78, 5) is 29.5. The zero-order valence-electron chi connectivity index (χ0n) is 32.3. The Morgan fingerprint density at radius 2 is 1.03 bits per heavy atom. The van der Waals surface area contributed by atoms with Crippen LogP contribution in [0.4, 0.5) is 17.6 Å². The number of benzene rings is 2. The highest BCUT2D eigenvalue weighted by Gasteiger charge is 2.23. The molecule has 0 saturated carbocycles. The first-order chi connectivity index (χ1) is 28.7. The highest BCUT2D eigenvalue weighted by atomic mass is 15.3. The van der Waals surface area contributed by atoms with Gasteiger partial charge in [-0.15, -0.1) is 20.4 Å². The first kappa shape index (κ1) is 36.5. The average molecular weight is 766 g/mol. The van der Waals surface area contributed by atoms with Crippen molar-refractivity contribution in [2.75, 3.05) is 74.1 Å². The molecule has 0 radical (unpaired) electrons. The van der Waals surface area contributed by atoms with Gasteiger partial charge in [0, 0.05) is 129 Å². The lowest BCUT2D eigenvalue weighted by Crippen LogP contribution is -2.47. The molecule has 2 saturated heterocycles. The Bertz CT molecular complexity index is 2550. The number of nitrogens with zero attached hydrogens (tertiary/aromatic N) is 12. The number of fused-ring (bicyclic) bond motifs is 1. The number of aromatic amines is 1. The van der Waals surface area contributed by atoms with Crippen molar-refractivity contribution >= 4 is 28.5 Å². The Morgan fingerprint density at radius 3 is 1.67 bits per heavy atom. The first-order valence-corrected chi connectivity index (χ1v) is 19.6. The van der Waals surface area contributed by atoms with Gasteiger partial charge in [-0.2, -0.15) is 0 Å². The summed E-state index contributed by atoms with van der Waals surface area (Å²) in [6.07, 6.45) is 12.8. The molecule has 13 nitrogen and oxygen atoms in total. The summed E-state index contributed by atoms with van der Waals surface area (Å²) >= 11 is 0. The summed E-state index contributed by atoms with van der Waals surface area (Å²) in [7, 11) is 2.16. The van der Waals surface area contributed by atoms with Crippen molar-refractivity contribution in [2.24, 2.45) is 0 Å². The van der Waals surface area contributed by atoms with Crippen LogP contribution in [0.25, 0.3) is 55.7 Å². The molecule has 10 rings (SSSR count). The standard InChI is InChI=1S/C23H21N7.C22H22N6/c1-2-5-19(6-3-1)22-20(18-7-11-24-12-8-18)17-21(27-28-22)29-13-15-30(16-14-29)23-25-9-4-10-26-23;1-27-11-13-28(14-12-27)21-15-19(16-5-8-23-9-6-16)22(26-25-21)18-3-2-4-20-17(18)7-10-24-20/h1-12,17H,13-16H2;2-10,15,24H,11-14H2,1H3. The number of hydrogen-bond donors (Lipinski definition) is 1. The van der Waals surface area contributed by atoms with Gasteiger partial charge in [-0.25, -0.2) is 9.97 Å². The number of aromatic nitrogens is 9. The van der Waals surface area contributed by atoms with E-state index < -0.39 is 0 Å². The van der Waals surface area contributed by atoms with E-state index in [2.05, 4.69) is 115 Å². The van der Waals surface area contributed by atoms with E-state index in [1.807, 2.05) is 79.5 Å². The molecular weight excluding hydrogens is 723 g/mol. The molecule has 6 aromatic heterocycles. The fourth-order valence-corrected chi connectivity index (χ4v) is 7.50. The summed E-state index contributed by atoms with van der Waals surface area (Å²) in [5, 5.41) is 19.7. The second-order valence-electron chi connectivity index (χ2n) is 14.3. The van der Waals surface area contributed by atoms with Gasteiger partial charge < -0.3 is 24.6 Å². The number of rotatable bonds is 7. The Labute approximate surface area is 337 Å². The van der Waals surface area contributed by atoms with E-state index in [1.54, 1.807) is 12.4 Å². The number of hydrogen-bond acceptors (Lipinski definition) is 12. The summed E-state index contributed by atoms with van der Waals surface area (Å²) in [5.74, 6) is 2.60. The van der Waals surface area contributed by atoms with E-state index in [-0.39, 0.29) is 0 Å². The summed E-state index contributed by atoms with van der Waals surface area (Å²) in [5.41, 5.74) is 9.33. The molecule has 2 fully saturated rings. The average Bonchev–Trinajstić information content (AvgIpc) is 3.80. The van der Waals surface area contributed by atoms with Crippen molar-refractivity contribution in [1.82, 2.24) is 50.2 Å². The number of likely N-dealkylation sites (N-methyl/N-ethyl adjacent to an activating group) is 1. The second kappa shape index (κ2) is 16.9. The van der Waals surface area contributed by atoms with Crippen LogP contribution >= 0.6 is 0 Å². The lowest BCUT2D eigenvalue weighted by atomic mass is 9.98. The third-order valence-electron chi connectivity index (χ3n) is 10.7. The molecule has 0 spiro atoms. The summed E-state index contributed by atoms with van der Waals surface area (Å²) < 4.78 is 0. The van der Waals surface area contributed by atoms with Crippen LogP contribution in [-0.2, 0) is 0 Å². The van der Waals surface area contributed by atoms with Crippen molar-refractivity contribution in [2.45, 2.75) is 0 Å². The molecule has 288 valence electrons. The molecule has 0 bridgehead atoms. The molecule has 1 N–H and O–H groups in total. The van der Waals surface area contributed by atoms with Crippen molar-refractivity contribution in [3.05, 3.63) is 140 Å². The van der Waals surface area contributed by atoms with Gasteiger partial charge in [-0.05, 0) is 72.8 Å². The molecule has 8 heterocycles. The molecule has 13 heteroatoms. The van der Waals surface area contributed by atoms with Crippen LogP contribution < -0.4 is 14.7 Å². The monoisotopic (exact) mass is 765 g/mol. The molecule has 8 aromatic rings. The van der Waals surface area contributed by atoms with Gasteiger partial charge >= 0.3 is 0 Å². The van der Waals surface area contributed by atoms with Crippen LogP contribution in [0, 0.1) is 0 Å². The van der Waals surface area contributed by atoms with Gasteiger partial charge in [0.05, 0.1) is 0 Å². The van der Waals surface area contributed by atoms with E-state index in [9.17, 15) is 0 Å². The van der Waals surface area contributed by atoms with E-state index >= 15 is 0 Å². The fraction of sp³-hybridized carbons (Fsp3) is 0.200. The molecule has 0 atom stereocenters. The minimum atomic E-state index is 0.778. The lowest BCUT2D eigenvalue weighted by molar-refractivity contribution is 0.312. The van der Waals surface area contributed by atoms with Crippen molar-refractivity contribution in [3.8, 4) is 44.8 Å². The highest BCUT2D eigenvalue weighted by molar-refractivity contribution is 5.98. The van der Waals surface area contributed by atoms with Crippen molar-refractivity contribution < 1.29 is 0 Å². The lowest BCUT2D eigenvalue weighted by Gasteiger charge is -2.35. The normalized spacial score (nSPS) is 14.6. The van der Waals surface area contributed by atoms with E-state index in [4.69, 9.17) is 5.10 Å². The number of H-pyrrole nitrogens is 1. The van der Waals surface area contributed by atoms with Crippen LogP contribution in [-0.4, -0.2) is 110 Å². The van der Waals surface area contributed by atoms with Gasteiger partial charge in [0.2, 0.25) is 5.95 Å². The van der Waals surface area contributed by atoms with E-state index in [0.717, 1.165) is 126 Å². The zero-order valence-corrected chi connectivity index (χ0v) is 32.3. The third-order valence-corrected chi connectivity index (χ3v) is 10.7. The van der Waals surface area contributed by atoms with Crippen molar-refractivity contribution in [1.29, 1.82) is 0 Å². The Hall–Kier alpha value is -7.12. The van der Waals surface area contributed by atoms with Gasteiger partial charge in [-0.3, -0.25) is 9.97 Å². The molecule has 0 aliphatic carbocycles. The number of anilines is 3. The molecule has 2 aromatic carbocycles. The first-order valence-electron chi connectivity index (χ1n) is 19.6. The van der Waals surface area contributed by atoms with Gasteiger partial charge in [-0.1, -0.05) is 42.5 Å². The van der Waals surface area contributed by atoms with Crippen LogP contribution in [0.15, 0.2) is 140 Å². The predicted molar refractivity (Wildman–Crippen MR) is 229 cm³/mol. The fourth-order valence-electron chi connectivity index (χ4n) is 7.50. The van der Waals surface area contributed by atoms with Crippen LogP contribution in [0.1, 0.15) is 0 Å². The summed E-state index contributed by atoms with van der Waals surface area (Å²) in [6, 6.07) is 32.8. The number of nitrogens with one attached hydrogen (secondary N) is 1. The number of piperazine rings is 2. The molecule has 2 aliphatic rings. The minimum absolute atomic E-state index is 0.778. The van der Waals surface area contributed by atoms with E-state index in [0.29, 0.717) is 0 Å². The summed E-state index contributed by atoms with van der Waals surface area (Å²) in [6.45, 7) is 7.38. The quantitative estimate of drug-likeness (QED) is 0.184. The second-order valence-corrected chi connectivity index (χ2v) is 14.3. The Morgan fingerprint density at radius 1 is 0.466 bits per heavy atom. The van der Waals surface area contributed by atoms with Crippen LogP contribution in [0.3, 0.4) is 0 Å². The van der Waals surface area contributed by atoms with Gasteiger partial charge in [0.15, 0.2) is 11.6 Å². The van der Waals surface area contributed by atoms with Crippen LogP contribution in [0.2, 0.25) is 0 Å². The molecule has 58 heavy (non-hydrogen) atoms. The molecule has 2 aliphatic heterocycles. The Kier molecular flexibility index (Phi) is 10.7. The maximum absolute atomic E-state index is 4.71. The topological polar surface area (TPSA) is 132 Å². The zero-order chi connectivity index (χ0) is 39.1. The maximum atomic E-state index is 4.71. The van der Waals surface area contributed by atoms with Crippen molar-refractivity contribution in [3.63, 3.8) is 0 Å². The molecule has 0 amide bonds. The predicted octanol–water partition coefficient (Wildman–Crippen LogP) is 6.76.